The first kappa shape index (κ1) is 11.6. The van der Waals surface area contributed by atoms with Gasteiger partial charge in [-0.3, -0.25) is 0 Å². The predicted molar refractivity (Wildman–Crippen MR) is 65.1 cm³/mol. The Kier molecular flexibility index (Phi) is 4.06. The van der Waals surface area contributed by atoms with Gasteiger partial charge in [-0.2, -0.15) is 0 Å². The lowest BCUT2D eigenvalue weighted by molar-refractivity contribution is 1.56. The summed E-state index contributed by atoms with van der Waals surface area (Å²) in [6.45, 7) is 5.53. The van der Waals surface area contributed by atoms with E-state index in [1.54, 1.807) is 18.2 Å². The van der Waals surface area contributed by atoms with Crippen molar-refractivity contribution in [1.82, 2.24) is 0 Å². The molecule has 0 radical (unpaired) electrons. The van der Waals surface area contributed by atoms with Gasteiger partial charge in [0.25, 0.3) is 0 Å². The largest absolute Gasteiger partial charge is 0.0850 e. The van der Waals surface area contributed by atoms with Crippen LogP contribution < -0.4 is 0 Å². The molecule has 14 heavy (non-hydrogen) atoms. The SMILES string of the molecule is C=C(Cl)/C=C(\C)c1ccc(Cl)c(Cl)c1. The predicted octanol–water partition coefficient (Wildman–Crippen LogP) is 5.15. The second kappa shape index (κ2) is 4.88. The molecule has 0 aromatic heterocycles. The summed E-state index contributed by atoms with van der Waals surface area (Å²) < 4.78 is 0. The minimum Gasteiger partial charge on any atom is -0.0850 e. The van der Waals surface area contributed by atoms with Crippen LogP contribution in [-0.2, 0) is 0 Å². The molecule has 0 spiro atoms. The highest BCUT2D eigenvalue weighted by Crippen LogP contribution is 2.26. The average Bonchev–Trinajstić information content (AvgIpc) is 2.08. The van der Waals surface area contributed by atoms with E-state index >= 15 is 0 Å². The molecule has 0 aliphatic rings. The van der Waals surface area contributed by atoms with Crippen LogP contribution in [0.2, 0.25) is 10.0 Å². The molecular formula is C11H9Cl3. The van der Waals surface area contributed by atoms with Crippen molar-refractivity contribution in [3.63, 3.8) is 0 Å². The van der Waals surface area contributed by atoms with Gasteiger partial charge in [0.2, 0.25) is 0 Å². The Balaban J connectivity index is 3.09. The van der Waals surface area contributed by atoms with E-state index in [2.05, 4.69) is 6.58 Å². The van der Waals surface area contributed by atoms with Gasteiger partial charge in [-0.05, 0) is 36.3 Å². The molecule has 0 aliphatic heterocycles. The molecule has 0 saturated carbocycles. The first-order chi connectivity index (χ1) is 6.50. The van der Waals surface area contributed by atoms with Crippen molar-refractivity contribution in [2.75, 3.05) is 0 Å². The third kappa shape index (κ3) is 3.06. The Bertz CT molecular complexity index is 392. The topological polar surface area (TPSA) is 0 Å². The molecule has 1 rings (SSSR count). The summed E-state index contributed by atoms with van der Waals surface area (Å²) in [5, 5.41) is 1.58. The fraction of sp³-hybridized carbons (Fsp3) is 0.0909. The summed E-state index contributed by atoms with van der Waals surface area (Å²) in [5.41, 5.74) is 1.99. The highest BCUT2D eigenvalue weighted by atomic mass is 35.5. The second-order valence-corrected chi connectivity index (χ2v) is 4.20. The molecule has 0 nitrogen and oxygen atoms in total. The number of hydrogen-bond acceptors (Lipinski definition) is 0. The first-order valence-corrected chi connectivity index (χ1v) is 5.12. The maximum Gasteiger partial charge on any atom is 0.0598 e. The van der Waals surface area contributed by atoms with Gasteiger partial charge in [0.1, 0.15) is 0 Å². The fourth-order valence-electron chi connectivity index (χ4n) is 1.06. The van der Waals surface area contributed by atoms with Crippen LogP contribution in [0.1, 0.15) is 12.5 Å². The van der Waals surface area contributed by atoms with Gasteiger partial charge in [0.05, 0.1) is 10.0 Å². The number of benzene rings is 1. The third-order valence-electron chi connectivity index (χ3n) is 1.75. The highest BCUT2D eigenvalue weighted by Gasteiger charge is 2.00. The van der Waals surface area contributed by atoms with Crippen molar-refractivity contribution >= 4 is 40.4 Å². The van der Waals surface area contributed by atoms with E-state index in [9.17, 15) is 0 Å². The van der Waals surface area contributed by atoms with Gasteiger partial charge >= 0.3 is 0 Å². The van der Waals surface area contributed by atoms with E-state index in [-0.39, 0.29) is 0 Å². The smallest absolute Gasteiger partial charge is 0.0598 e. The van der Waals surface area contributed by atoms with E-state index < -0.39 is 0 Å². The van der Waals surface area contributed by atoms with Gasteiger partial charge < -0.3 is 0 Å². The van der Waals surface area contributed by atoms with Crippen molar-refractivity contribution in [2.45, 2.75) is 6.92 Å². The van der Waals surface area contributed by atoms with E-state index in [0.29, 0.717) is 15.1 Å². The minimum absolute atomic E-state index is 0.494. The molecule has 0 N–H and O–H groups in total. The Morgan fingerprint density at radius 3 is 2.43 bits per heavy atom. The fourth-order valence-corrected chi connectivity index (χ4v) is 1.52. The van der Waals surface area contributed by atoms with Crippen molar-refractivity contribution in [2.24, 2.45) is 0 Å². The summed E-state index contributed by atoms with van der Waals surface area (Å²) in [5.74, 6) is 0. The van der Waals surface area contributed by atoms with Crippen LogP contribution >= 0.6 is 34.8 Å². The molecule has 0 saturated heterocycles. The van der Waals surface area contributed by atoms with Crippen LogP contribution in [-0.4, -0.2) is 0 Å². The van der Waals surface area contributed by atoms with Crippen LogP contribution in [0.5, 0.6) is 0 Å². The molecule has 0 bridgehead atoms. The third-order valence-corrected chi connectivity index (χ3v) is 2.60. The number of allylic oxidation sites excluding steroid dienone is 3. The van der Waals surface area contributed by atoms with Gasteiger partial charge in [-0.15, -0.1) is 0 Å². The summed E-state index contributed by atoms with van der Waals surface area (Å²) >= 11 is 17.3. The van der Waals surface area contributed by atoms with Crippen molar-refractivity contribution in [3.8, 4) is 0 Å². The van der Waals surface area contributed by atoms with Crippen LogP contribution in [0.3, 0.4) is 0 Å². The molecule has 3 heteroatoms. The first-order valence-electron chi connectivity index (χ1n) is 3.99. The molecule has 0 heterocycles. The van der Waals surface area contributed by atoms with E-state index in [1.807, 2.05) is 13.0 Å². The summed E-state index contributed by atoms with van der Waals surface area (Å²) in [6, 6.07) is 5.45. The Hall–Kier alpha value is -0.430. The zero-order chi connectivity index (χ0) is 10.7. The summed E-state index contributed by atoms with van der Waals surface area (Å²) in [7, 11) is 0. The average molecular weight is 248 g/mol. The van der Waals surface area contributed by atoms with E-state index in [0.717, 1.165) is 11.1 Å². The lowest BCUT2D eigenvalue weighted by atomic mass is 10.1. The molecule has 0 aliphatic carbocycles. The number of rotatable bonds is 2. The Morgan fingerprint density at radius 2 is 1.93 bits per heavy atom. The van der Waals surface area contributed by atoms with Crippen LogP contribution in [0.15, 0.2) is 35.9 Å². The zero-order valence-electron chi connectivity index (χ0n) is 7.65. The van der Waals surface area contributed by atoms with Gasteiger partial charge in [0.15, 0.2) is 0 Å². The molecule has 74 valence electrons. The van der Waals surface area contributed by atoms with Gasteiger partial charge in [-0.1, -0.05) is 47.4 Å². The van der Waals surface area contributed by atoms with E-state index in [4.69, 9.17) is 34.8 Å². The molecular weight excluding hydrogens is 238 g/mol. The van der Waals surface area contributed by atoms with E-state index in [1.165, 1.54) is 0 Å². The van der Waals surface area contributed by atoms with Gasteiger partial charge in [-0.25, -0.2) is 0 Å². The molecule has 0 unspecified atom stereocenters. The van der Waals surface area contributed by atoms with Crippen molar-refractivity contribution < 1.29 is 0 Å². The standard InChI is InChI=1S/C11H9Cl3/c1-7(5-8(2)12)9-3-4-10(13)11(14)6-9/h3-6H,2H2,1H3/b7-5+. The maximum absolute atomic E-state index is 5.88. The number of halogens is 3. The van der Waals surface area contributed by atoms with Crippen LogP contribution in [0.25, 0.3) is 5.57 Å². The molecule has 1 aromatic rings. The van der Waals surface area contributed by atoms with Gasteiger partial charge in [0, 0.05) is 5.03 Å². The normalized spacial score (nSPS) is 11.6. The highest BCUT2D eigenvalue weighted by molar-refractivity contribution is 6.42. The minimum atomic E-state index is 0.494. The molecule has 0 atom stereocenters. The molecule has 1 aromatic carbocycles. The number of hydrogen-bond donors (Lipinski definition) is 0. The quantitative estimate of drug-likeness (QED) is 0.634. The van der Waals surface area contributed by atoms with Crippen molar-refractivity contribution in [1.29, 1.82) is 0 Å². The van der Waals surface area contributed by atoms with Crippen LogP contribution in [0, 0.1) is 0 Å². The zero-order valence-corrected chi connectivity index (χ0v) is 9.92. The summed E-state index contributed by atoms with van der Waals surface area (Å²) in [4.78, 5) is 0. The molecule has 0 fully saturated rings. The molecule has 0 amide bonds. The maximum atomic E-state index is 5.88. The summed E-state index contributed by atoms with van der Waals surface area (Å²) in [6.07, 6.45) is 1.78. The Labute approximate surface area is 98.8 Å². The lowest BCUT2D eigenvalue weighted by Gasteiger charge is -2.03. The Morgan fingerprint density at radius 1 is 1.29 bits per heavy atom. The lowest BCUT2D eigenvalue weighted by Crippen LogP contribution is -1.80. The van der Waals surface area contributed by atoms with Crippen molar-refractivity contribution in [3.05, 3.63) is 51.5 Å². The second-order valence-electron chi connectivity index (χ2n) is 2.90. The van der Waals surface area contributed by atoms with Crippen LogP contribution in [0.4, 0.5) is 0 Å². The monoisotopic (exact) mass is 246 g/mol.